The van der Waals surface area contributed by atoms with Gasteiger partial charge in [0, 0.05) is 5.69 Å². The zero-order valence-corrected chi connectivity index (χ0v) is 10.2. The summed E-state index contributed by atoms with van der Waals surface area (Å²) in [5.41, 5.74) is 1.60. The highest BCUT2D eigenvalue weighted by Crippen LogP contribution is 2.16. The van der Waals surface area contributed by atoms with E-state index in [2.05, 4.69) is 10.6 Å². The normalized spacial score (nSPS) is 11.2. The van der Waals surface area contributed by atoms with Gasteiger partial charge in [0.2, 0.25) is 0 Å². The number of rotatable bonds is 4. The molecule has 4 N–H and O–H groups in total. The number of carbonyl (C=O) groups excluding carboxylic acids is 1. The first-order valence-electron chi connectivity index (χ1n) is 5.40. The minimum atomic E-state index is -1.66. The Kier molecular flexibility index (Phi) is 4.85. The third kappa shape index (κ3) is 4.29. The fraction of sp³-hybridized carbons (Fsp3) is 0.250. The van der Waals surface area contributed by atoms with Crippen LogP contribution in [0.1, 0.15) is 11.1 Å². The van der Waals surface area contributed by atoms with Crippen LogP contribution in [0.15, 0.2) is 18.2 Å². The molecule has 0 aliphatic rings. The first-order valence-corrected chi connectivity index (χ1v) is 5.40. The minimum Gasteiger partial charge on any atom is -0.479 e. The minimum absolute atomic E-state index is 0.395. The van der Waals surface area contributed by atoms with Crippen molar-refractivity contribution in [2.24, 2.45) is 0 Å². The number of benzene rings is 1. The van der Waals surface area contributed by atoms with Crippen LogP contribution < -0.4 is 10.6 Å². The molecule has 0 fully saturated rings. The number of nitrogens with zero attached hydrogens (tertiary/aromatic N) is 1. The number of hydrogen-bond donors (Lipinski definition) is 4. The molecular formula is C12H13N3O4. The summed E-state index contributed by atoms with van der Waals surface area (Å²) >= 11 is 0. The third-order valence-electron chi connectivity index (χ3n) is 2.36. The summed E-state index contributed by atoms with van der Waals surface area (Å²) < 4.78 is 0. The van der Waals surface area contributed by atoms with E-state index in [-0.39, 0.29) is 0 Å². The van der Waals surface area contributed by atoms with E-state index in [1.807, 2.05) is 6.07 Å². The van der Waals surface area contributed by atoms with Gasteiger partial charge in [0.15, 0.2) is 6.10 Å². The molecule has 1 aromatic carbocycles. The summed E-state index contributed by atoms with van der Waals surface area (Å²) in [5.74, 6) is -1.41. The largest absolute Gasteiger partial charge is 0.479 e. The average Bonchev–Trinajstić information content (AvgIpc) is 2.38. The Labute approximate surface area is 109 Å². The van der Waals surface area contributed by atoms with Crippen LogP contribution in [0.25, 0.3) is 0 Å². The Morgan fingerprint density at radius 2 is 2.16 bits per heavy atom. The van der Waals surface area contributed by atoms with E-state index < -0.39 is 24.6 Å². The molecule has 1 atom stereocenters. The van der Waals surface area contributed by atoms with Gasteiger partial charge in [-0.25, -0.2) is 9.59 Å². The number of nitrogens with one attached hydrogen (secondary N) is 2. The molecule has 100 valence electrons. The van der Waals surface area contributed by atoms with Crippen molar-refractivity contribution in [3.8, 4) is 6.07 Å². The van der Waals surface area contributed by atoms with Crippen LogP contribution in [0.4, 0.5) is 10.5 Å². The van der Waals surface area contributed by atoms with E-state index in [1.54, 1.807) is 19.1 Å². The molecule has 7 nitrogen and oxygen atoms in total. The fourth-order valence-electron chi connectivity index (χ4n) is 1.27. The zero-order chi connectivity index (χ0) is 14.4. The Hall–Kier alpha value is -2.59. The van der Waals surface area contributed by atoms with Crippen LogP contribution in [0, 0.1) is 18.3 Å². The Balaban J connectivity index is 2.62. The second-order valence-corrected chi connectivity index (χ2v) is 3.83. The molecule has 0 bridgehead atoms. The van der Waals surface area contributed by atoms with Crippen molar-refractivity contribution in [1.82, 2.24) is 5.32 Å². The van der Waals surface area contributed by atoms with Crippen LogP contribution in [-0.4, -0.2) is 34.9 Å². The van der Waals surface area contributed by atoms with E-state index in [1.165, 1.54) is 6.07 Å². The molecule has 0 saturated heterocycles. The van der Waals surface area contributed by atoms with Crippen molar-refractivity contribution < 1.29 is 19.8 Å². The van der Waals surface area contributed by atoms with Crippen molar-refractivity contribution in [3.63, 3.8) is 0 Å². The molecule has 2 amide bonds. The van der Waals surface area contributed by atoms with Crippen LogP contribution in [0.2, 0.25) is 0 Å². The number of nitriles is 1. The summed E-state index contributed by atoms with van der Waals surface area (Å²) in [6.07, 6.45) is -1.66. The number of anilines is 1. The van der Waals surface area contributed by atoms with Crippen LogP contribution >= 0.6 is 0 Å². The van der Waals surface area contributed by atoms with Gasteiger partial charge in [-0.2, -0.15) is 5.26 Å². The lowest BCUT2D eigenvalue weighted by Crippen LogP contribution is -2.38. The molecule has 0 aliphatic heterocycles. The van der Waals surface area contributed by atoms with Gasteiger partial charge in [-0.1, -0.05) is 6.07 Å². The van der Waals surface area contributed by atoms with Crippen molar-refractivity contribution in [2.75, 3.05) is 11.9 Å². The number of aliphatic hydroxyl groups excluding tert-OH is 1. The molecule has 0 unspecified atom stereocenters. The van der Waals surface area contributed by atoms with Crippen molar-refractivity contribution >= 4 is 17.7 Å². The van der Waals surface area contributed by atoms with Gasteiger partial charge in [0.05, 0.1) is 18.2 Å². The molecule has 19 heavy (non-hydrogen) atoms. The number of carboxylic acid groups (broad SMARTS) is 1. The number of aliphatic hydroxyl groups is 1. The third-order valence-corrected chi connectivity index (χ3v) is 2.36. The number of amides is 2. The Bertz CT molecular complexity index is 536. The summed E-state index contributed by atoms with van der Waals surface area (Å²) in [7, 11) is 0. The predicted molar refractivity (Wildman–Crippen MR) is 66.6 cm³/mol. The maximum absolute atomic E-state index is 11.5. The summed E-state index contributed by atoms with van der Waals surface area (Å²) in [4.78, 5) is 21.8. The lowest BCUT2D eigenvalue weighted by molar-refractivity contribution is -0.146. The monoisotopic (exact) mass is 263 g/mol. The number of aryl methyl sites for hydroxylation is 1. The maximum atomic E-state index is 11.5. The first-order chi connectivity index (χ1) is 8.93. The summed E-state index contributed by atoms with van der Waals surface area (Å²) in [6.45, 7) is 1.35. The highest BCUT2D eigenvalue weighted by molar-refractivity contribution is 5.90. The molecule has 0 aliphatic carbocycles. The number of carbonyl (C=O) groups is 2. The van der Waals surface area contributed by atoms with Crippen molar-refractivity contribution in [1.29, 1.82) is 5.26 Å². The molecule has 1 aromatic rings. The second kappa shape index (κ2) is 6.37. The Morgan fingerprint density at radius 3 is 2.74 bits per heavy atom. The van der Waals surface area contributed by atoms with E-state index >= 15 is 0 Å². The smallest absolute Gasteiger partial charge is 0.334 e. The van der Waals surface area contributed by atoms with Gasteiger partial charge in [-0.05, 0) is 24.6 Å². The molecular weight excluding hydrogens is 250 g/mol. The van der Waals surface area contributed by atoms with Gasteiger partial charge < -0.3 is 20.8 Å². The van der Waals surface area contributed by atoms with Crippen LogP contribution in [0.5, 0.6) is 0 Å². The van der Waals surface area contributed by atoms with E-state index in [4.69, 9.17) is 15.5 Å². The van der Waals surface area contributed by atoms with Crippen molar-refractivity contribution in [3.05, 3.63) is 29.3 Å². The van der Waals surface area contributed by atoms with Gasteiger partial charge in [0.1, 0.15) is 0 Å². The summed E-state index contributed by atoms with van der Waals surface area (Å²) in [6, 6.07) is 6.09. The second-order valence-electron chi connectivity index (χ2n) is 3.83. The Morgan fingerprint density at radius 1 is 1.47 bits per heavy atom. The number of carboxylic acids is 1. The molecule has 1 rings (SSSR count). The SMILES string of the molecule is Cc1ccc(C#N)cc1NC(=O)NC[C@H](O)C(=O)O. The van der Waals surface area contributed by atoms with Gasteiger partial charge in [-0.3, -0.25) is 0 Å². The van der Waals surface area contributed by atoms with Crippen LogP contribution in [0.3, 0.4) is 0 Å². The van der Waals surface area contributed by atoms with Crippen molar-refractivity contribution in [2.45, 2.75) is 13.0 Å². The molecule has 0 spiro atoms. The maximum Gasteiger partial charge on any atom is 0.334 e. The van der Waals surface area contributed by atoms with Gasteiger partial charge in [0.25, 0.3) is 0 Å². The quantitative estimate of drug-likeness (QED) is 0.627. The highest BCUT2D eigenvalue weighted by atomic mass is 16.4. The molecule has 0 heterocycles. The number of aliphatic carboxylic acids is 1. The topological polar surface area (TPSA) is 122 Å². The highest BCUT2D eigenvalue weighted by Gasteiger charge is 2.14. The van der Waals surface area contributed by atoms with E-state index in [9.17, 15) is 9.59 Å². The lowest BCUT2D eigenvalue weighted by Gasteiger charge is -2.11. The van der Waals surface area contributed by atoms with E-state index in [0.717, 1.165) is 5.56 Å². The number of urea groups is 1. The lowest BCUT2D eigenvalue weighted by atomic mass is 10.1. The number of hydrogen-bond acceptors (Lipinski definition) is 4. The standard InChI is InChI=1S/C12H13N3O4/c1-7-2-3-8(5-13)4-9(7)15-12(19)14-6-10(16)11(17)18/h2-4,10,16H,6H2,1H3,(H,17,18)(H2,14,15,19)/t10-/m0/s1. The predicted octanol–water partition coefficient (Wildman–Crippen LogP) is 0.434. The molecule has 0 aromatic heterocycles. The fourth-order valence-corrected chi connectivity index (χ4v) is 1.27. The van der Waals surface area contributed by atoms with Gasteiger partial charge >= 0.3 is 12.0 Å². The average molecular weight is 263 g/mol. The molecule has 0 saturated carbocycles. The molecule has 7 heteroatoms. The first kappa shape index (κ1) is 14.5. The van der Waals surface area contributed by atoms with Gasteiger partial charge in [-0.15, -0.1) is 0 Å². The van der Waals surface area contributed by atoms with Crippen LogP contribution in [-0.2, 0) is 4.79 Å². The zero-order valence-electron chi connectivity index (χ0n) is 10.2. The summed E-state index contributed by atoms with van der Waals surface area (Å²) in [5, 5.41) is 30.9. The van der Waals surface area contributed by atoms with E-state index in [0.29, 0.717) is 11.3 Å². The molecule has 0 radical (unpaired) electrons.